The predicted molar refractivity (Wildman–Crippen MR) is 54.5 cm³/mol. The number of hydrogen-bond donors (Lipinski definition) is 0. The van der Waals surface area contributed by atoms with Crippen LogP contribution in [0.4, 0.5) is 13.2 Å². The molecule has 0 N–H and O–H groups in total. The second-order valence-electron chi connectivity index (χ2n) is 2.75. The molecule has 16 heavy (non-hydrogen) atoms. The van der Waals surface area contributed by atoms with Gasteiger partial charge in [0.25, 0.3) is 5.91 Å². The maximum atomic E-state index is 12.1. The van der Waals surface area contributed by atoms with E-state index in [0.717, 1.165) is 0 Å². The maximum Gasteiger partial charge on any atom is 0.462 e. The van der Waals surface area contributed by atoms with Gasteiger partial charge >= 0.3 is 5.51 Å². The van der Waals surface area contributed by atoms with Crippen LogP contribution in [0.5, 0.6) is 5.75 Å². The van der Waals surface area contributed by atoms with Gasteiger partial charge in [0.15, 0.2) is 18.0 Å². The van der Waals surface area contributed by atoms with Crippen LogP contribution in [0, 0.1) is 0 Å². The van der Waals surface area contributed by atoms with Gasteiger partial charge in [-0.05, 0) is 12.1 Å². The van der Waals surface area contributed by atoms with E-state index in [1.165, 1.54) is 12.1 Å². The number of carbonyl (C=O) groups excluding carboxylic acids is 1. The van der Waals surface area contributed by atoms with Crippen molar-refractivity contribution in [1.29, 1.82) is 0 Å². The smallest absolute Gasteiger partial charge is 0.404 e. The SMILES string of the molecule is O=C1c2ccccc2OSN1SC(F)(F)F. The highest BCUT2D eigenvalue weighted by molar-refractivity contribution is 8.11. The Balaban J connectivity index is 2.22. The molecule has 0 radical (unpaired) electrons. The fourth-order valence-electron chi connectivity index (χ4n) is 1.07. The molecule has 3 nitrogen and oxygen atoms in total. The summed E-state index contributed by atoms with van der Waals surface area (Å²) < 4.78 is 41.7. The van der Waals surface area contributed by atoms with Gasteiger partial charge in [-0.25, -0.2) is 0 Å². The number of halogens is 3. The highest BCUT2D eigenvalue weighted by atomic mass is 32.2. The summed E-state index contributed by atoms with van der Waals surface area (Å²) in [5.41, 5.74) is -4.39. The van der Waals surface area contributed by atoms with Gasteiger partial charge in [-0.2, -0.15) is 16.9 Å². The fraction of sp³-hybridized carbons (Fsp3) is 0.125. The first-order valence-corrected chi connectivity index (χ1v) is 5.48. The molecule has 0 spiro atoms. The van der Waals surface area contributed by atoms with Crippen LogP contribution >= 0.6 is 24.2 Å². The first kappa shape index (κ1) is 11.5. The van der Waals surface area contributed by atoms with Crippen LogP contribution in [-0.4, -0.2) is 15.1 Å². The van der Waals surface area contributed by atoms with Gasteiger partial charge in [0, 0.05) is 0 Å². The Kier molecular flexibility index (Phi) is 2.94. The fourth-order valence-corrected chi connectivity index (χ4v) is 2.37. The number of benzene rings is 1. The predicted octanol–water partition coefficient (Wildman–Crippen LogP) is 3.25. The van der Waals surface area contributed by atoms with Crippen molar-refractivity contribution in [2.45, 2.75) is 5.51 Å². The first-order valence-electron chi connectivity index (χ1n) is 4.01. The topological polar surface area (TPSA) is 29.5 Å². The maximum absolute atomic E-state index is 12.1. The number of nitrogens with zero attached hydrogens (tertiary/aromatic N) is 1. The number of para-hydroxylation sites is 1. The molecule has 1 aromatic rings. The molecule has 0 atom stereocenters. The molecule has 1 amide bonds. The molecule has 0 saturated carbocycles. The van der Waals surface area contributed by atoms with E-state index >= 15 is 0 Å². The van der Waals surface area contributed by atoms with Crippen molar-refractivity contribution in [3.05, 3.63) is 29.8 Å². The van der Waals surface area contributed by atoms with Gasteiger partial charge in [-0.1, -0.05) is 12.1 Å². The van der Waals surface area contributed by atoms with Crippen LogP contribution in [0.25, 0.3) is 0 Å². The number of alkyl halides is 3. The highest BCUT2D eigenvalue weighted by Gasteiger charge is 2.39. The molecule has 1 aliphatic heterocycles. The van der Waals surface area contributed by atoms with Crippen LogP contribution in [0.15, 0.2) is 24.3 Å². The molecule has 1 aliphatic rings. The molecule has 2 rings (SSSR count). The van der Waals surface area contributed by atoms with E-state index in [1.807, 2.05) is 0 Å². The molecule has 0 aromatic heterocycles. The van der Waals surface area contributed by atoms with Crippen LogP contribution in [0.1, 0.15) is 10.4 Å². The van der Waals surface area contributed by atoms with E-state index < -0.39 is 23.4 Å². The molecule has 8 heteroatoms. The van der Waals surface area contributed by atoms with Gasteiger partial charge in [-0.15, -0.1) is 0 Å². The molecule has 0 aliphatic carbocycles. The van der Waals surface area contributed by atoms with Gasteiger partial charge in [0.1, 0.15) is 0 Å². The van der Waals surface area contributed by atoms with Crippen molar-refractivity contribution in [1.82, 2.24) is 3.71 Å². The lowest BCUT2D eigenvalue weighted by Crippen LogP contribution is -2.26. The quantitative estimate of drug-likeness (QED) is 0.577. The molecule has 1 heterocycles. The minimum atomic E-state index is -4.52. The van der Waals surface area contributed by atoms with Gasteiger partial charge in [0.05, 0.1) is 17.5 Å². The third-order valence-corrected chi connectivity index (χ3v) is 3.16. The van der Waals surface area contributed by atoms with E-state index in [1.54, 1.807) is 12.1 Å². The second-order valence-corrected chi connectivity index (χ2v) is 4.68. The third-order valence-electron chi connectivity index (χ3n) is 1.66. The van der Waals surface area contributed by atoms with Crippen LogP contribution < -0.4 is 4.18 Å². The van der Waals surface area contributed by atoms with E-state index in [9.17, 15) is 18.0 Å². The Morgan fingerprint density at radius 1 is 1.31 bits per heavy atom. The number of rotatable bonds is 1. The summed E-state index contributed by atoms with van der Waals surface area (Å²) in [6.45, 7) is 0. The van der Waals surface area contributed by atoms with Crippen LogP contribution in [0.3, 0.4) is 0 Å². The number of fused-ring (bicyclic) bond motifs is 1. The van der Waals surface area contributed by atoms with Gasteiger partial charge < -0.3 is 4.18 Å². The third kappa shape index (κ3) is 2.38. The lowest BCUT2D eigenvalue weighted by molar-refractivity contribution is -0.0347. The zero-order valence-electron chi connectivity index (χ0n) is 7.52. The number of hydrogen-bond acceptors (Lipinski definition) is 4. The van der Waals surface area contributed by atoms with E-state index in [-0.39, 0.29) is 11.3 Å². The molecule has 0 bridgehead atoms. The summed E-state index contributed by atoms with van der Waals surface area (Å²) in [6, 6.07) is 6.14. The van der Waals surface area contributed by atoms with Gasteiger partial charge in [-0.3, -0.25) is 4.79 Å². The van der Waals surface area contributed by atoms with Crippen molar-refractivity contribution in [2.24, 2.45) is 0 Å². The molecule has 0 unspecified atom stereocenters. The molecule has 0 fully saturated rings. The molecule has 1 aromatic carbocycles. The standard InChI is InChI=1S/C8H4F3NO2S2/c9-8(10,11)15-12-7(13)5-3-1-2-4-6(5)14-16-12/h1-4H. The number of amides is 1. The summed E-state index contributed by atoms with van der Waals surface area (Å²) in [5, 5.41) is 0. The molecular formula is C8H4F3NO2S2. The Morgan fingerprint density at radius 3 is 2.69 bits per heavy atom. The lowest BCUT2D eigenvalue weighted by Gasteiger charge is -2.24. The minimum Gasteiger partial charge on any atom is -0.404 e. The van der Waals surface area contributed by atoms with Gasteiger partial charge in [0.2, 0.25) is 0 Å². The normalized spacial score (nSPS) is 15.7. The summed E-state index contributed by atoms with van der Waals surface area (Å²) in [4.78, 5) is 11.6. The van der Waals surface area contributed by atoms with Crippen LogP contribution in [-0.2, 0) is 0 Å². The summed E-state index contributed by atoms with van der Waals surface area (Å²) in [7, 11) is 0. The molecular weight excluding hydrogens is 263 g/mol. The Morgan fingerprint density at radius 2 is 2.00 bits per heavy atom. The van der Waals surface area contributed by atoms with Crippen molar-refractivity contribution in [3.63, 3.8) is 0 Å². The van der Waals surface area contributed by atoms with Crippen molar-refractivity contribution in [2.75, 3.05) is 0 Å². The van der Waals surface area contributed by atoms with E-state index in [2.05, 4.69) is 0 Å². The molecule has 86 valence electrons. The second kappa shape index (κ2) is 4.10. The Hall–Kier alpha value is -1.02. The zero-order chi connectivity index (χ0) is 11.8. The van der Waals surface area contributed by atoms with E-state index in [4.69, 9.17) is 4.18 Å². The first-order chi connectivity index (χ1) is 7.47. The monoisotopic (exact) mass is 267 g/mol. The number of carbonyl (C=O) groups is 1. The van der Waals surface area contributed by atoms with Crippen molar-refractivity contribution >= 4 is 30.1 Å². The lowest BCUT2D eigenvalue weighted by atomic mass is 10.2. The van der Waals surface area contributed by atoms with Crippen molar-refractivity contribution < 1.29 is 22.1 Å². The zero-order valence-corrected chi connectivity index (χ0v) is 9.16. The summed E-state index contributed by atoms with van der Waals surface area (Å²) >= 11 is -0.161. The largest absolute Gasteiger partial charge is 0.462 e. The van der Waals surface area contributed by atoms with Crippen LogP contribution in [0.2, 0.25) is 0 Å². The Bertz CT molecular complexity index is 424. The summed E-state index contributed by atoms with van der Waals surface area (Å²) in [5.74, 6) is -0.453. The average Bonchev–Trinajstić information content (AvgIpc) is 2.21. The highest BCUT2D eigenvalue weighted by Crippen LogP contribution is 2.42. The summed E-state index contributed by atoms with van der Waals surface area (Å²) in [6.07, 6.45) is 0. The Labute approximate surface area is 97.4 Å². The average molecular weight is 267 g/mol. The molecule has 0 saturated heterocycles. The van der Waals surface area contributed by atoms with Crippen molar-refractivity contribution in [3.8, 4) is 5.75 Å². The minimum absolute atomic E-state index is 0.123. The van der Waals surface area contributed by atoms with E-state index in [0.29, 0.717) is 15.9 Å².